The fraction of sp³-hybridized carbons (Fsp3) is 0.875. The minimum Gasteiger partial charge on any atom is -0.103 e. The highest BCUT2D eigenvalue weighted by atomic mass is 14.0. The molecule has 0 aromatic rings. The van der Waals surface area contributed by atoms with E-state index >= 15 is 0 Å². The van der Waals surface area contributed by atoms with Gasteiger partial charge >= 0.3 is 0 Å². The summed E-state index contributed by atoms with van der Waals surface area (Å²) >= 11 is 0. The molecule has 96 valence electrons. The topological polar surface area (TPSA) is 0 Å². The maximum Gasteiger partial charge on any atom is -0.0356 e. The lowest BCUT2D eigenvalue weighted by Crippen LogP contribution is -1.77. The molecule has 16 heavy (non-hydrogen) atoms. The normalized spacial score (nSPS) is 18.8. The molecule has 1 aliphatic rings. The fourth-order valence-electron chi connectivity index (χ4n) is 2.15. The smallest absolute Gasteiger partial charge is 0.0356 e. The van der Waals surface area contributed by atoms with Crippen LogP contribution in [0.3, 0.4) is 0 Å². The van der Waals surface area contributed by atoms with Gasteiger partial charge in [-0.1, -0.05) is 90.0 Å². The Kier molecular flexibility index (Phi) is 14.5. The van der Waals surface area contributed by atoms with Crippen molar-refractivity contribution in [3.8, 4) is 0 Å². The van der Waals surface area contributed by atoms with E-state index in [0.29, 0.717) is 0 Å². The van der Waals surface area contributed by atoms with Crippen LogP contribution in [-0.2, 0) is 0 Å². The Hall–Kier alpha value is -0.260. The molecular formula is C16H32. The van der Waals surface area contributed by atoms with Crippen molar-refractivity contribution in [3.05, 3.63) is 12.7 Å². The van der Waals surface area contributed by atoms with Crippen LogP contribution in [-0.4, -0.2) is 0 Å². The first-order valence-electron chi connectivity index (χ1n) is 7.52. The molecule has 0 saturated heterocycles. The second-order valence-electron chi connectivity index (χ2n) is 4.97. The predicted octanol–water partition coefficient (Wildman–Crippen LogP) is 6.26. The third-order valence-electron chi connectivity index (χ3n) is 3.24. The summed E-state index contributed by atoms with van der Waals surface area (Å²) < 4.78 is 0. The summed E-state index contributed by atoms with van der Waals surface area (Å²) in [4.78, 5) is 0. The van der Waals surface area contributed by atoms with Gasteiger partial charge in [0.1, 0.15) is 0 Å². The zero-order chi connectivity index (χ0) is 11.9. The lowest BCUT2D eigenvalue weighted by Gasteiger charge is -1.97. The molecule has 1 aliphatic carbocycles. The van der Waals surface area contributed by atoms with Gasteiger partial charge in [0.05, 0.1) is 0 Å². The molecule has 0 bridgehead atoms. The van der Waals surface area contributed by atoms with Crippen LogP contribution < -0.4 is 0 Å². The maximum absolute atomic E-state index is 3.55. The number of hydrogen-bond donors (Lipinski definition) is 0. The molecule has 1 fully saturated rings. The largest absolute Gasteiger partial charge is 0.103 e. The molecule has 0 aliphatic heterocycles. The van der Waals surface area contributed by atoms with Crippen molar-refractivity contribution in [1.82, 2.24) is 0 Å². The second-order valence-corrected chi connectivity index (χ2v) is 4.97. The molecule has 1 saturated carbocycles. The summed E-state index contributed by atoms with van der Waals surface area (Å²) in [5.41, 5.74) is 0. The minimum atomic E-state index is 1.15. The number of hydrogen-bond acceptors (Lipinski definition) is 0. The lowest BCUT2D eigenvalue weighted by atomic mass is 10.1. The first-order valence-corrected chi connectivity index (χ1v) is 7.52. The molecule has 0 nitrogen and oxygen atoms in total. The SMILES string of the molecule is C1CCCCCCCCCC1.C=CCCC. The highest BCUT2D eigenvalue weighted by Crippen LogP contribution is 2.15. The first-order chi connectivity index (χ1) is 7.91. The standard InChI is InChI=1S/C11H22.C5H10/c1-2-4-6-8-10-11-9-7-5-3-1;1-3-5-4-2/h1-11H2;3H,1,4-5H2,2H3. The monoisotopic (exact) mass is 224 g/mol. The van der Waals surface area contributed by atoms with Crippen LogP contribution in [0.25, 0.3) is 0 Å². The van der Waals surface area contributed by atoms with Crippen molar-refractivity contribution >= 4 is 0 Å². The molecule has 0 radical (unpaired) electrons. The molecule has 0 amide bonds. The zero-order valence-corrected chi connectivity index (χ0v) is 11.5. The molecule has 0 heterocycles. The van der Waals surface area contributed by atoms with Gasteiger partial charge in [-0.25, -0.2) is 0 Å². The Bertz CT molecular complexity index is 87.9. The highest BCUT2D eigenvalue weighted by Gasteiger charge is 1.95. The maximum atomic E-state index is 3.55. The summed E-state index contributed by atoms with van der Waals surface area (Å²) in [6, 6.07) is 0. The van der Waals surface area contributed by atoms with Crippen LogP contribution in [0.2, 0.25) is 0 Å². The molecule has 0 unspecified atom stereocenters. The van der Waals surface area contributed by atoms with E-state index < -0.39 is 0 Å². The molecule has 0 atom stereocenters. The van der Waals surface area contributed by atoms with E-state index in [1.807, 2.05) is 6.08 Å². The third kappa shape index (κ3) is 13.7. The predicted molar refractivity (Wildman–Crippen MR) is 75.9 cm³/mol. The van der Waals surface area contributed by atoms with Gasteiger partial charge in [-0.15, -0.1) is 6.58 Å². The fourth-order valence-corrected chi connectivity index (χ4v) is 2.15. The van der Waals surface area contributed by atoms with E-state index in [9.17, 15) is 0 Å². The van der Waals surface area contributed by atoms with Crippen LogP contribution in [0.5, 0.6) is 0 Å². The highest BCUT2D eigenvalue weighted by molar-refractivity contribution is 4.63. The molecule has 1 rings (SSSR count). The summed E-state index contributed by atoms with van der Waals surface area (Å²) in [5.74, 6) is 0. The van der Waals surface area contributed by atoms with Crippen molar-refractivity contribution < 1.29 is 0 Å². The average molecular weight is 224 g/mol. The van der Waals surface area contributed by atoms with Crippen LogP contribution >= 0.6 is 0 Å². The van der Waals surface area contributed by atoms with E-state index in [1.165, 1.54) is 77.0 Å². The van der Waals surface area contributed by atoms with E-state index in [2.05, 4.69) is 13.5 Å². The number of rotatable bonds is 2. The number of unbranched alkanes of at least 4 members (excludes halogenated alkanes) is 1. The van der Waals surface area contributed by atoms with E-state index in [-0.39, 0.29) is 0 Å². The van der Waals surface area contributed by atoms with Gasteiger partial charge in [-0.05, 0) is 6.42 Å². The van der Waals surface area contributed by atoms with Crippen LogP contribution in [0, 0.1) is 0 Å². The first kappa shape index (κ1) is 15.7. The van der Waals surface area contributed by atoms with E-state index in [1.54, 1.807) is 0 Å². The van der Waals surface area contributed by atoms with Crippen molar-refractivity contribution in [2.24, 2.45) is 0 Å². The Morgan fingerprint density at radius 1 is 0.688 bits per heavy atom. The molecule has 0 spiro atoms. The summed E-state index contributed by atoms with van der Waals surface area (Å²) in [7, 11) is 0. The van der Waals surface area contributed by atoms with Gasteiger partial charge in [0, 0.05) is 0 Å². The quantitative estimate of drug-likeness (QED) is 0.485. The Balaban J connectivity index is 0.000000385. The zero-order valence-electron chi connectivity index (χ0n) is 11.5. The molecule has 0 heteroatoms. The van der Waals surface area contributed by atoms with Crippen LogP contribution in [0.1, 0.15) is 90.4 Å². The van der Waals surface area contributed by atoms with Crippen LogP contribution in [0.15, 0.2) is 12.7 Å². The molecular weight excluding hydrogens is 192 g/mol. The van der Waals surface area contributed by atoms with Gasteiger partial charge in [-0.2, -0.15) is 0 Å². The third-order valence-corrected chi connectivity index (χ3v) is 3.24. The van der Waals surface area contributed by atoms with Crippen LogP contribution in [0.4, 0.5) is 0 Å². The van der Waals surface area contributed by atoms with Gasteiger partial charge in [0.2, 0.25) is 0 Å². The van der Waals surface area contributed by atoms with Crippen molar-refractivity contribution in [2.45, 2.75) is 90.4 Å². The average Bonchev–Trinajstić information content (AvgIpc) is 2.37. The minimum absolute atomic E-state index is 1.15. The van der Waals surface area contributed by atoms with Gasteiger partial charge in [0.15, 0.2) is 0 Å². The summed E-state index contributed by atoms with van der Waals surface area (Å²) in [6.45, 7) is 5.69. The van der Waals surface area contributed by atoms with Crippen molar-refractivity contribution in [3.63, 3.8) is 0 Å². The van der Waals surface area contributed by atoms with Gasteiger partial charge in [-0.3, -0.25) is 0 Å². The Labute approximate surface area is 104 Å². The molecule has 0 N–H and O–H groups in total. The summed E-state index contributed by atoms with van der Waals surface area (Å²) in [6.07, 6.45) is 20.8. The van der Waals surface area contributed by atoms with Gasteiger partial charge in [0.25, 0.3) is 0 Å². The van der Waals surface area contributed by atoms with Crippen molar-refractivity contribution in [2.75, 3.05) is 0 Å². The second kappa shape index (κ2) is 14.7. The summed E-state index contributed by atoms with van der Waals surface area (Å²) in [5, 5.41) is 0. The van der Waals surface area contributed by atoms with E-state index in [4.69, 9.17) is 0 Å². The lowest BCUT2D eigenvalue weighted by molar-refractivity contribution is 0.585. The van der Waals surface area contributed by atoms with Gasteiger partial charge < -0.3 is 0 Å². The molecule has 0 aromatic carbocycles. The number of allylic oxidation sites excluding steroid dienone is 1. The van der Waals surface area contributed by atoms with E-state index in [0.717, 1.165) is 6.42 Å². The van der Waals surface area contributed by atoms with Crippen molar-refractivity contribution in [1.29, 1.82) is 0 Å². The Morgan fingerprint density at radius 2 is 0.938 bits per heavy atom. The molecule has 0 aromatic heterocycles. The Morgan fingerprint density at radius 3 is 1.00 bits per heavy atom.